The summed E-state index contributed by atoms with van der Waals surface area (Å²) in [5, 5.41) is 0. The molecular weight excluding hydrogens is 156 g/mol. The van der Waals surface area contributed by atoms with Crippen molar-refractivity contribution in [3.05, 3.63) is 16.8 Å². The minimum Gasteiger partial charge on any atom is -0.331 e. The second kappa shape index (κ2) is 2.08. The van der Waals surface area contributed by atoms with Gasteiger partial charge >= 0.3 is 0 Å². The predicted octanol–water partition coefficient (Wildman–Crippen LogP) is 2.25. The summed E-state index contributed by atoms with van der Waals surface area (Å²) in [6, 6.07) is 2.18. The Hall–Kier alpha value is -0.830. The van der Waals surface area contributed by atoms with E-state index in [0.717, 1.165) is 10.7 Å². The minimum absolute atomic E-state index is 1.09. The van der Waals surface area contributed by atoms with E-state index in [1.807, 2.05) is 6.92 Å². The largest absolute Gasteiger partial charge is 0.331 e. The molecule has 0 unspecified atom stereocenters. The molecule has 0 saturated carbocycles. The van der Waals surface area contributed by atoms with Crippen LogP contribution in [0, 0.1) is 13.8 Å². The second-order valence-corrected chi connectivity index (χ2v) is 4.00. The zero-order valence-electron chi connectivity index (χ0n) is 6.88. The molecule has 2 heterocycles. The Balaban J connectivity index is 2.88. The van der Waals surface area contributed by atoms with E-state index in [2.05, 4.69) is 29.6 Å². The van der Waals surface area contributed by atoms with Gasteiger partial charge in [-0.3, -0.25) is 0 Å². The van der Waals surface area contributed by atoms with E-state index in [9.17, 15) is 0 Å². The van der Waals surface area contributed by atoms with Gasteiger partial charge in [-0.1, -0.05) is 0 Å². The molecule has 2 aromatic rings. The third-order valence-electron chi connectivity index (χ3n) is 1.93. The van der Waals surface area contributed by atoms with Gasteiger partial charge in [0.05, 0.1) is 5.52 Å². The summed E-state index contributed by atoms with van der Waals surface area (Å²) in [5.41, 5.74) is 1.25. The highest BCUT2D eigenvalue weighted by molar-refractivity contribution is 7.18. The maximum Gasteiger partial charge on any atom is 0.142 e. The minimum atomic E-state index is 1.09. The van der Waals surface area contributed by atoms with Crippen molar-refractivity contribution in [2.45, 2.75) is 13.8 Å². The summed E-state index contributed by atoms with van der Waals surface area (Å²) in [4.78, 5) is 6.90. The fourth-order valence-electron chi connectivity index (χ4n) is 1.21. The van der Waals surface area contributed by atoms with E-state index in [-0.39, 0.29) is 0 Å². The van der Waals surface area contributed by atoms with Gasteiger partial charge in [0.2, 0.25) is 0 Å². The average molecular weight is 166 g/mol. The number of imidazole rings is 1. The van der Waals surface area contributed by atoms with Crippen molar-refractivity contribution >= 4 is 21.7 Å². The monoisotopic (exact) mass is 166 g/mol. The van der Waals surface area contributed by atoms with Crippen LogP contribution in [-0.2, 0) is 7.05 Å². The molecule has 2 nitrogen and oxygen atoms in total. The van der Waals surface area contributed by atoms with E-state index < -0.39 is 0 Å². The molecule has 0 saturated heterocycles. The van der Waals surface area contributed by atoms with E-state index in [4.69, 9.17) is 0 Å². The van der Waals surface area contributed by atoms with Gasteiger partial charge in [0, 0.05) is 11.9 Å². The highest BCUT2D eigenvalue weighted by Gasteiger charge is 2.05. The number of nitrogens with zero attached hydrogens (tertiary/aromatic N) is 2. The van der Waals surface area contributed by atoms with Crippen molar-refractivity contribution < 1.29 is 0 Å². The maximum absolute atomic E-state index is 4.42. The molecule has 58 valence electrons. The molecule has 0 aliphatic carbocycles. The Bertz CT molecular complexity index is 397. The first-order valence-electron chi connectivity index (χ1n) is 3.58. The van der Waals surface area contributed by atoms with Crippen LogP contribution >= 0.6 is 11.3 Å². The lowest BCUT2D eigenvalue weighted by molar-refractivity contribution is 0.885. The van der Waals surface area contributed by atoms with Gasteiger partial charge in [-0.05, 0) is 19.9 Å². The number of thiophene rings is 1. The number of hydrogen-bond acceptors (Lipinski definition) is 2. The number of hydrogen-bond donors (Lipinski definition) is 0. The van der Waals surface area contributed by atoms with E-state index >= 15 is 0 Å². The van der Waals surface area contributed by atoms with Gasteiger partial charge < -0.3 is 4.57 Å². The van der Waals surface area contributed by atoms with Crippen LogP contribution in [0.1, 0.15) is 10.7 Å². The number of aryl methyl sites for hydroxylation is 3. The molecule has 0 amide bonds. The fourth-order valence-corrected chi connectivity index (χ4v) is 2.16. The first-order valence-corrected chi connectivity index (χ1v) is 4.39. The third kappa shape index (κ3) is 0.878. The molecule has 0 fully saturated rings. The maximum atomic E-state index is 4.42. The first-order chi connectivity index (χ1) is 5.18. The van der Waals surface area contributed by atoms with Gasteiger partial charge in [0.1, 0.15) is 10.7 Å². The number of rotatable bonds is 0. The molecular formula is C8H10N2S. The summed E-state index contributed by atoms with van der Waals surface area (Å²) < 4.78 is 2.12. The quantitative estimate of drug-likeness (QED) is 0.587. The van der Waals surface area contributed by atoms with Crippen LogP contribution in [0.25, 0.3) is 10.3 Å². The molecule has 0 atom stereocenters. The van der Waals surface area contributed by atoms with Crippen LogP contribution < -0.4 is 0 Å². The van der Waals surface area contributed by atoms with Crippen molar-refractivity contribution in [1.82, 2.24) is 9.55 Å². The zero-order chi connectivity index (χ0) is 8.01. The summed E-state index contributed by atoms with van der Waals surface area (Å²) in [7, 11) is 2.05. The van der Waals surface area contributed by atoms with E-state index in [1.165, 1.54) is 10.4 Å². The van der Waals surface area contributed by atoms with E-state index in [0.29, 0.717) is 0 Å². The number of aromatic nitrogens is 2. The summed E-state index contributed by atoms with van der Waals surface area (Å²) in [6.07, 6.45) is 0. The Kier molecular flexibility index (Phi) is 1.29. The molecule has 3 heteroatoms. The third-order valence-corrected chi connectivity index (χ3v) is 2.86. The molecule has 2 rings (SSSR count). The Morgan fingerprint density at radius 2 is 2.18 bits per heavy atom. The van der Waals surface area contributed by atoms with E-state index in [1.54, 1.807) is 11.3 Å². The molecule has 0 N–H and O–H groups in total. The van der Waals surface area contributed by atoms with Crippen LogP contribution in [0.3, 0.4) is 0 Å². The molecule has 0 aliphatic rings. The van der Waals surface area contributed by atoms with Gasteiger partial charge in [-0.2, -0.15) is 0 Å². The standard InChI is InChI=1S/C8H10N2S/c1-5-4-7-8(11-5)9-6(2)10(7)3/h4H,1-3H3. The highest BCUT2D eigenvalue weighted by Crippen LogP contribution is 2.24. The molecule has 11 heavy (non-hydrogen) atoms. The van der Waals surface area contributed by atoms with Crippen molar-refractivity contribution in [3.63, 3.8) is 0 Å². The zero-order valence-corrected chi connectivity index (χ0v) is 7.70. The Morgan fingerprint density at radius 3 is 2.82 bits per heavy atom. The SMILES string of the molecule is Cc1cc2c(nc(C)n2C)s1. The second-order valence-electron chi connectivity index (χ2n) is 2.77. The smallest absolute Gasteiger partial charge is 0.142 e. The van der Waals surface area contributed by atoms with Crippen LogP contribution in [-0.4, -0.2) is 9.55 Å². The molecule has 0 aromatic carbocycles. The number of fused-ring (bicyclic) bond motifs is 1. The lowest BCUT2D eigenvalue weighted by Crippen LogP contribution is -1.89. The van der Waals surface area contributed by atoms with Crippen LogP contribution in [0.15, 0.2) is 6.07 Å². The molecule has 0 spiro atoms. The molecule has 0 aliphatic heterocycles. The van der Waals surface area contributed by atoms with Crippen molar-refractivity contribution in [3.8, 4) is 0 Å². The topological polar surface area (TPSA) is 17.8 Å². The lowest BCUT2D eigenvalue weighted by atomic mass is 10.5. The predicted molar refractivity (Wildman–Crippen MR) is 48.1 cm³/mol. The summed E-state index contributed by atoms with van der Waals surface area (Å²) in [5.74, 6) is 1.09. The summed E-state index contributed by atoms with van der Waals surface area (Å²) >= 11 is 1.76. The van der Waals surface area contributed by atoms with Crippen LogP contribution in [0.5, 0.6) is 0 Å². The fraction of sp³-hybridized carbons (Fsp3) is 0.375. The molecule has 2 aromatic heterocycles. The molecule has 0 radical (unpaired) electrons. The Labute approximate surface area is 69.5 Å². The summed E-state index contributed by atoms with van der Waals surface area (Å²) in [6.45, 7) is 4.14. The Morgan fingerprint density at radius 1 is 1.45 bits per heavy atom. The van der Waals surface area contributed by atoms with Crippen molar-refractivity contribution in [1.29, 1.82) is 0 Å². The van der Waals surface area contributed by atoms with Crippen LogP contribution in [0.2, 0.25) is 0 Å². The molecule has 0 bridgehead atoms. The van der Waals surface area contributed by atoms with Crippen LogP contribution in [0.4, 0.5) is 0 Å². The van der Waals surface area contributed by atoms with Crippen molar-refractivity contribution in [2.75, 3.05) is 0 Å². The lowest BCUT2D eigenvalue weighted by Gasteiger charge is -1.91. The highest BCUT2D eigenvalue weighted by atomic mass is 32.1. The average Bonchev–Trinajstić information content (AvgIpc) is 2.37. The van der Waals surface area contributed by atoms with Gasteiger partial charge in [0.15, 0.2) is 0 Å². The van der Waals surface area contributed by atoms with Gasteiger partial charge in [0.25, 0.3) is 0 Å². The van der Waals surface area contributed by atoms with Gasteiger partial charge in [-0.25, -0.2) is 4.98 Å². The first kappa shape index (κ1) is 6.85. The van der Waals surface area contributed by atoms with Crippen molar-refractivity contribution in [2.24, 2.45) is 7.05 Å². The normalized spacial score (nSPS) is 11.2. The van der Waals surface area contributed by atoms with Gasteiger partial charge in [-0.15, -0.1) is 11.3 Å².